The Morgan fingerprint density at radius 1 is 1.25 bits per heavy atom. The van der Waals surface area contributed by atoms with Crippen LogP contribution in [0.1, 0.15) is 41.0 Å². The van der Waals surface area contributed by atoms with Crippen molar-refractivity contribution in [2.45, 2.75) is 33.2 Å². The standard InChI is InChI=1S/C16H19BrFNS/c1-4-7-19-16(14-9-15(17)20-11(14)3)13-6-5-12(18)8-10(13)2/h5-6,8-9,16,19H,4,7H2,1-3H3. The lowest BCUT2D eigenvalue weighted by molar-refractivity contribution is 0.589. The average Bonchev–Trinajstić information content (AvgIpc) is 2.71. The van der Waals surface area contributed by atoms with Crippen LogP contribution in [0.4, 0.5) is 4.39 Å². The number of aryl methyl sites for hydroxylation is 2. The fourth-order valence-corrected chi connectivity index (χ4v) is 4.13. The second-order valence-electron chi connectivity index (χ2n) is 4.95. The lowest BCUT2D eigenvalue weighted by Crippen LogP contribution is -2.24. The molecule has 1 aromatic heterocycles. The number of rotatable bonds is 5. The van der Waals surface area contributed by atoms with Gasteiger partial charge in [-0.15, -0.1) is 11.3 Å². The van der Waals surface area contributed by atoms with Gasteiger partial charge in [-0.1, -0.05) is 13.0 Å². The first kappa shape index (κ1) is 15.7. The molecule has 0 amide bonds. The minimum absolute atomic E-state index is 0.123. The SMILES string of the molecule is CCCNC(c1ccc(F)cc1C)c1cc(Br)sc1C. The summed E-state index contributed by atoms with van der Waals surface area (Å²) in [6.45, 7) is 7.19. The van der Waals surface area contributed by atoms with E-state index in [-0.39, 0.29) is 11.9 Å². The number of benzene rings is 1. The van der Waals surface area contributed by atoms with E-state index in [1.807, 2.05) is 13.0 Å². The van der Waals surface area contributed by atoms with Crippen LogP contribution in [0.25, 0.3) is 0 Å². The Labute approximate surface area is 132 Å². The Balaban J connectivity index is 2.44. The molecule has 1 nitrogen and oxygen atoms in total. The van der Waals surface area contributed by atoms with Crippen molar-refractivity contribution in [2.75, 3.05) is 6.54 Å². The zero-order chi connectivity index (χ0) is 14.7. The number of hydrogen-bond donors (Lipinski definition) is 1. The maximum Gasteiger partial charge on any atom is 0.123 e. The first-order chi connectivity index (χ1) is 9.52. The molecule has 0 bridgehead atoms. The Kier molecular flexibility index (Phi) is 5.35. The van der Waals surface area contributed by atoms with E-state index in [0.717, 1.165) is 27.9 Å². The lowest BCUT2D eigenvalue weighted by Gasteiger charge is -2.21. The van der Waals surface area contributed by atoms with Crippen LogP contribution in [0, 0.1) is 19.7 Å². The van der Waals surface area contributed by atoms with Gasteiger partial charge in [-0.3, -0.25) is 0 Å². The normalized spacial score (nSPS) is 12.7. The number of thiophene rings is 1. The van der Waals surface area contributed by atoms with Gasteiger partial charge in [0.1, 0.15) is 5.82 Å². The van der Waals surface area contributed by atoms with Crippen molar-refractivity contribution in [3.63, 3.8) is 0 Å². The summed E-state index contributed by atoms with van der Waals surface area (Å²) in [5.74, 6) is -0.177. The van der Waals surface area contributed by atoms with Crippen LogP contribution in [0.5, 0.6) is 0 Å². The Bertz CT molecular complexity index is 594. The molecule has 20 heavy (non-hydrogen) atoms. The molecule has 2 aromatic rings. The summed E-state index contributed by atoms with van der Waals surface area (Å²) in [6, 6.07) is 7.32. The molecule has 0 aliphatic rings. The van der Waals surface area contributed by atoms with Gasteiger partial charge in [0.15, 0.2) is 0 Å². The van der Waals surface area contributed by atoms with E-state index >= 15 is 0 Å². The van der Waals surface area contributed by atoms with Crippen molar-refractivity contribution in [1.82, 2.24) is 5.32 Å². The zero-order valence-corrected chi connectivity index (χ0v) is 14.4. The van der Waals surface area contributed by atoms with Crippen molar-refractivity contribution >= 4 is 27.3 Å². The molecule has 2 rings (SSSR count). The van der Waals surface area contributed by atoms with Crippen molar-refractivity contribution in [3.8, 4) is 0 Å². The molecule has 0 saturated carbocycles. The van der Waals surface area contributed by atoms with Crippen LogP contribution in [-0.4, -0.2) is 6.54 Å². The number of halogens is 2. The van der Waals surface area contributed by atoms with Gasteiger partial charge in [0.2, 0.25) is 0 Å². The molecule has 108 valence electrons. The predicted octanol–water partition coefficient (Wildman–Crippen LogP) is 5.36. The van der Waals surface area contributed by atoms with Crippen molar-refractivity contribution in [3.05, 3.63) is 55.4 Å². The van der Waals surface area contributed by atoms with E-state index in [0.29, 0.717) is 0 Å². The van der Waals surface area contributed by atoms with Crippen molar-refractivity contribution in [1.29, 1.82) is 0 Å². The summed E-state index contributed by atoms with van der Waals surface area (Å²) < 4.78 is 14.5. The van der Waals surface area contributed by atoms with Crippen molar-refractivity contribution < 1.29 is 4.39 Å². The Morgan fingerprint density at radius 2 is 2.00 bits per heavy atom. The predicted molar refractivity (Wildman–Crippen MR) is 88.0 cm³/mol. The van der Waals surface area contributed by atoms with Gasteiger partial charge in [-0.25, -0.2) is 4.39 Å². The van der Waals surface area contributed by atoms with Gasteiger partial charge >= 0.3 is 0 Å². The highest BCUT2D eigenvalue weighted by Crippen LogP contribution is 2.34. The topological polar surface area (TPSA) is 12.0 Å². The maximum absolute atomic E-state index is 13.3. The lowest BCUT2D eigenvalue weighted by atomic mass is 9.95. The van der Waals surface area contributed by atoms with Gasteiger partial charge in [-0.05, 0) is 77.6 Å². The van der Waals surface area contributed by atoms with Crippen LogP contribution >= 0.6 is 27.3 Å². The average molecular weight is 356 g/mol. The van der Waals surface area contributed by atoms with Crippen molar-refractivity contribution in [2.24, 2.45) is 0 Å². The largest absolute Gasteiger partial charge is 0.306 e. The quantitative estimate of drug-likeness (QED) is 0.761. The summed E-state index contributed by atoms with van der Waals surface area (Å²) >= 11 is 5.29. The molecule has 4 heteroatoms. The smallest absolute Gasteiger partial charge is 0.123 e. The van der Waals surface area contributed by atoms with Crippen LogP contribution in [0.3, 0.4) is 0 Å². The van der Waals surface area contributed by atoms with Gasteiger partial charge in [0.25, 0.3) is 0 Å². The molecular formula is C16H19BrFNS. The molecular weight excluding hydrogens is 337 g/mol. The minimum Gasteiger partial charge on any atom is -0.306 e. The molecule has 1 unspecified atom stereocenters. The molecule has 0 spiro atoms. The molecule has 0 aliphatic carbocycles. The highest BCUT2D eigenvalue weighted by Gasteiger charge is 2.19. The van der Waals surface area contributed by atoms with Gasteiger partial charge < -0.3 is 5.32 Å². The maximum atomic E-state index is 13.3. The minimum atomic E-state index is -0.177. The van der Waals surface area contributed by atoms with Crippen LogP contribution in [0.15, 0.2) is 28.1 Å². The van der Waals surface area contributed by atoms with E-state index in [1.165, 1.54) is 10.4 Å². The summed E-state index contributed by atoms with van der Waals surface area (Å²) in [6.07, 6.45) is 1.07. The van der Waals surface area contributed by atoms with Gasteiger partial charge in [-0.2, -0.15) is 0 Å². The van der Waals surface area contributed by atoms with Gasteiger partial charge in [0.05, 0.1) is 9.83 Å². The van der Waals surface area contributed by atoms with E-state index in [2.05, 4.69) is 41.2 Å². The summed E-state index contributed by atoms with van der Waals surface area (Å²) in [5, 5.41) is 3.58. The van der Waals surface area contributed by atoms with E-state index in [1.54, 1.807) is 23.5 Å². The van der Waals surface area contributed by atoms with Crippen LogP contribution < -0.4 is 5.32 Å². The summed E-state index contributed by atoms with van der Waals surface area (Å²) in [5.41, 5.74) is 3.40. The fourth-order valence-electron chi connectivity index (χ4n) is 2.38. The highest BCUT2D eigenvalue weighted by atomic mass is 79.9. The van der Waals surface area contributed by atoms with Crippen LogP contribution in [0.2, 0.25) is 0 Å². The Morgan fingerprint density at radius 3 is 2.55 bits per heavy atom. The van der Waals surface area contributed by atoms with Crippen LogP contribution in [-0.2, 0) is 0 Å². The third-order valence-corrected chi connectivity index (χ3v) is 4.95. The highest BCUT2D eigenvalue weighted by molar-refractivity contribution is 9.11. The third kappa shape index (κ3) is 3.48. The monoisotopic (exact) mass is 355 g/mol. The molecule has 0 aliphatic heterocycles. The van der Waals surface area contributed by atoms with Gasteiger partial charge in [0, 0.05) is 4.88 Å². The summed E-state index contributed by atoms with van der Waals surface area (Å²) in [7, 11) is 0. The number of nitrogens with one attached hydrogen (secondary N) is 1. The second-order valence-corrected chi connectivity index (χ2v) is 7.59. The third-order valence-electron chi connectivity index (χ3n) is 3.38. The van der Waals surface area contributed by atoms with E-state index in [9.17, 15) is 4.39 Å². The molecule has 0 saturated heterocycles. The second kappa shape index (κ2) is 6.83. The molecule has 1 atom stereocenters. The number of hydrogen-bond acceptors (Lipinski definition) is 2. The first-order valence-corrected chi connectivity index (χ1v) is 8.39. The Hall–Kier alpha value is -0.710. The summed E-state index contributed by atoms with van der Waals surface area (Å²) in [4.78, 5) is 1.29. The molecule has 0 fully saturated rings. The molecule has 1 N–H and O–H groups in total. The van der Waals surface area contributed by atoms with E-state index < -0.39 is 0 Å². The first-order valence-electron chi connectivity index (χ1n) is 6.78. The molecule has 0 radical (unpaired) electrons. The molecule has 1 heterocycles. The fraction of sp³-hybridized carbons (Fsp3) is 0.375. The molecule has 1 aromatic carbocycles. The van der Waals surface area contributed by atoms with E-state index in [4.69, 9.17) is 0 Å². The zero-order valence-electron chi connectivity index (χ0n) is 12.0.